The van der Waals surface area contributed by atoms with E-state index in [1.165, 1.54) is 15.0 Å². The topological polar surface area (TPSA) is 59.3 Å². The van der Waals surface area contributed by atoms with Crippen LogP contribution < -0.4 is 5.56 Å². The van der Waals surface area contributed by atoms with E-state index in [4.69, 9.17) is 0 Å². The molecule has 0 spiro atoms. The maximum Gasteiger partial charge on any atom is 0.352 e. The van der Waals surface area contributed by atoms with Crippen LogP contribution in [0.15, 0.2) is 10.9 Å². The van der Waals surface area contributed by atoms with Crippen molar-refractivity contribution in [3.8, 4) is 0 Å². The monoisotopic (exact) mass is 305 g/mol. The Morgan fingerprint density at radius 3 is 2.76 bits per heavy atom. The maximum absolute atomic E-state index is 12.8. The highest BCUT2D eigenvalue weighted by Gasteiger charge is 2.22. The van der Waals surface area contributed by atoms with Crippen LogP contribution in [0.1, 0.15) is 47.6 Å². The lowest BCUT2D eigenvalue weighted by atomic mass is 9.96. The van der Waals surface area contributed by atoms with Crippen LogP contribution in [-0.4, -0.2) is 15.6 Å². The molecule has 1 aliphatic rings. The predicted octanol–water partition coefficient (Wildman–Crippen LogP) is 3.30. The Kier molecular flexibility index (Phi) is 3.61. The first-order valence-corrected chi connectivity index (χ1v) is 8.22. The molecule has 2 heterocycles. The van der Waals surface area contributed by atoms with Crippen molar-refractivity contribution >= 4 is 27.4 Å². The van der Waals surface area contributed by atoms with Crippen LogP contribution in [0.25, 0.3) is 10.1 Å². The van der Waals surface area contributed by atoms with E-state index in [0.717, 1.165) is 35.8 Å². The van der Waals surface area contributed by atoms with E-state index in [9.17, 15) is 14.7 Å². The Morgan fingerprint density at radius 1 is 1.38 bits per heavy atom. The van der Waals surface area contributed by atoms with Gasteiger partial charge in [0.2, 0.25) is 0 Å². The smallest absolute Gasteiger partial charge is 0.352 e. The fourth-order valence-electron chi connectivity index (χ4n) is 3.09. The Labute approximate surface area is 127 Å². The summed E-state index contributed by atoms with van der Waals surface area (Å²) in [6.45, 7) is 4.43. The zero-order valence-corrected chi connectivity index (χ0v) is 13.1. The number of carbonyl (C=O) groups is 1. The summed E-state index contributed by atoms with van der Waals surface area (Å²) in [6.07, 6.45) is 4.23. The molecule has 0 atom stereocenters. The van der Waals surface area contributed by atoms with Gasteiger partial charge in [-0.15, -0.1) is 11.3 Å². The number of pyridine rings is 1. The first-order chi connectivity index (χ1) is 9.99. The van der Waals surface area contributed by atoms with Gasteiger partial charge in [0.05, 0.1) is 5.39 Å². The van der Waals surface area contributed by atoms with Gasteiger partial charge < -0.3 is 9.67 Å². The number of rotatable bonds is 3. The lowest BCUT2D eigenvalue weighted by Gasteiger charge is -2.14. The molecule has 3 rings (SSSR count). The van der Waals surface area contributed by atoms with Gasteiger partial charge in [-0.3, -0.25) is 4.79 Å². The molecule has 0 aromatic carbocycles. The van der Waals surface area contributed by atoms with Gasteiger partial charge >= 0.3 is 5.97 Å². The fourth-order valence-corrected chi connectivity index (χ4v) is 4.42. The third kappa shape index (κ3) is 2.39. The average molecular weight is 305 g/mol. The van der Waals surface area contributed by atoms with Crippen LogP contribution in [0.5, 0.6) is 0 Å². The highest BCUT2D eigenvalue weighted by atomic mass is 32.1. The zero-order valence-electron chi connectivity index (χ0n) is 12.3. The van der Waals surface area contributed by atoms with Crippen molar-refractivity contribution in [1.82, 2.24) is 4.57 Å². The molecule has 2 aromatic rings. The average Bonchev–Trinajstić information content (AvgIpc) is 2.79. The van der Waals surface area contributed by atoms with Crippen LogP contribution in [0.3, 0.4) is 0 Å². The second-order valence-electron chi connectivity index (χ2n) is 6.09. The third-order valence-electron chi connectivity index (χ3n) is 3.98. The van der Waals surface area contributed by atoms with Gasteiger partial charge in [0.1, 0.15) is 5.69 Å². The lowest BCUT2D eigenvalue weighted by molar-refractivity contribution is 0.0683. The number of aryl methyl sites for hydroxylation is 2. The molecule has 0 amide bonds. The van der Waals surface area contributed by atoms with Gasteiger partial charge in [0.15, 0.2) is 0 Å². The minimum Gasteiger partial charge on any atom is -0.477 e. The van der Waals surface area contributed by atoms with E-state index in [0.29, 0.717) is 6.54 Å². The Morgan fingerprint density at radius 2 is 2.10 bits per heavy atom. The molecule has 0 saturated carbocycles. The number of carboxylic acid groups (broad SMARTS) is 1. The second-order valence-corrected chi connectivity index (χ2v) is 7.23. The van der Waals surface area contributed by atoms with Crippen LogP contribution in [0, 0.1) is 5.92 Å². The third-order valence-corrected chi connectivity index (χ3v) is 5.22. The minimum atomic E-state index is -1.03. The number of carboxylic acids is 1. The van der Waals surface area contributed by atoms with Crippen molar-refractivity contribution < 1.29 is 9.90 Å². The van der Waals surface area contributed by atoms with Gasteiger partial charge in [-0.2, -0.15) is 0 Å². The van der Waals surface area contributed by atoms with Gasteiger partial charge in [-0.05, 0) is 43.2 Å². The standard InChI is InChI=1S/C16H19NO3S/c1-9(2)8-17-11(16(19)20)7-13-14(15(17)18)10-5-3-4-6-12(10)21-13/h7,9H,3-6,8H2,1-2H3,(H,19,20). The number of hydrogen-bond acceptors (Lipinski definition) is 3. The summed E-state index contributed by atoms with van der Waals surface area (Å²) in [5.74, 6) is -0.797. The van der Waals surface area contributed by atoms with Crippen LogP contribution in [-0.2, 0) is 19.4 Å². The van der Waals surface area contributed by atoms with E-state index in [-0.39, 0.29) is 17.2 Å². The van der Waals surface area contributed by atoms with Crippen LogP contribution >= 0.6 is 11.3 Å². The molecule has 0 unspecified atom stereocenters. The van der Waals surface area contributed by atoms with Crippen molar-refractivity contribution in [2.45, 2.75) is 46.1 Å². The van der Waals surface area contributed by atoms with Gasteiger partial charge in [0, 0.05) is 16.1 Å². The summed E-state index contributed by atoms with van der Waals surface area (Å²) in [5.41, 5.74) is 1.15. The number of nitrogens with zero attached hydrogens (tertiary/aromatic N) is 1. The molecule has 21 heavy (non-hydrogen) atoms. The van der Waals surface area contributed by atoms with Gasteiger partial charge in [-0.1, -0.05) is 13.8 Å². The molecular weight excluding hydrogens is 286 g/mol. The van der Waals surface area contributed by atoms with E-state index in [1.807, 2.05) is 13.8 Å². The van der Waals surface area contributed by atoms with Crippen molar-refractivity contribution in [3.63, 3.8) is 0 Å². The summed E-state index contributed by atoms with van der Waals surface area (Å²) < 4.78 is 2.28. The Hall–Kier alpha value is -1.62. The van der Waals surface area contributed by atoms with E-state index < -0.39 is 5.97 Å². The van der Waals surface area contributed by atoms with Crippen LogP contribution in [0.4, 0.5) is 0 Å². The predicted molar refractivity (Wildman–Crippen MR) is 84.5 cm³/mol. The van der Waals surface area contributed by atoms with E-state index in [2.05, 4.69) is 0 Å². The number of fused-ring (bicyclic) bond motifs is 3. The Bertz CT molecular complexity index is 770. The first-order valence-electron chi connectivity index (χ1n) is 7.40. The molecular formula is C16H19NO3S. The number of thiophene rings is 1. The Balaban J connectivity index is 2.32. The molecule has 112 valence electrons. The van der Waals surface area contributed by atoms with Gasteiger partial charge in [0.25, 0.3) is 5.56 Å². The van der Waals surface area contributed by atoms with Gasteiger partial charge in [-0.25, -0.2) is 4.79 Å². The highest BCUT2D eigenvalue weighted by molar-refractivity contribution is 7.19. The van der Waals surface area contributed by atoms with E-state index in [1.54, 1.807) is 17.4 Å². The molecule has 5 heteroatoms. The second kappa shape index (κ2) is 5.30. The van der Waals surface area contributed by atoms with Crippen molar-refractivity contribution in [3.05, 3.63) is 32.6 Å². The minimum absolute atomic E-state index is 0.111. The molecule has 4 nitrogen and oxygen atoms in total. The summed E-state index contributed by atoms with van der Waals surface area (Å²) in [6, 6.07) is 1.68. The molecule has 0 aliphatic heterocycles. The summed E-state index contributed by atoms with van der Waals surface area (Å²) in [4.78, 5) is 25.6. The normalized spacial score (nSPS) is 14.6. The zero-order chi connectivity index (χ0) is 15.1. The molecule has 1 aliphatic carbocycles. The largest absolute Gasteiger partial charge is 0.477 e. The SMILES string of the molecule is CC(C)Cn1c(C(=O)O)cc2sc3c(c2c1=O)CCCC3. The number of aromatic carboxylic acids is 1. The summed E-state index contributed by atoms with van der Waals surface area (Å²) >= 11 is 1.60. The number of aromatic nitrogens is 1. The molecule has 2 aromatic heterocycles. The summed E-state index contributed by atoms with van der Waals surface area (Å²) in [5, 5.41) is 10.2. The fraction of sp³-hybridized carbons (Fsp3) is 0.500. The van der Waals surface area contributed by atoms with Crippen molar-refractivity contribution in [2.24, 2.45) is 5.92 Å². The molecule has 1 N–H and O–H groups in total. The molecule has 0 bridgehead atoms. The first kappa shape index (κ1) is 14.3. The maximum atomic E-state index is 12.8. The van der Waals surface area contributed by atoms with Crippen LogP contribution in [0.2, 0.25) is 0 Å². The quantitative estimate of drug-likeness (QED) is 0.946. The highest BCUT2D eigenvalue weighted by Crippen LogP contribution is 2.35. The number of hydrogen-bond donors (Lipinski definition) is 1. The summed E-state index contributed by atoms with van der Waals surface area (Å²) in [7, 11) is 0. The van der Waals surface area contributed by atoms with Crippen molar-refractivity contribution in [2.75, 3.05) is 0 Å². The molecule has 0 fully saturated rings. The lowest BCUT2D eigenvalue weighted by Crippen LogP contribution is -2.28. The van der Waals surface area contributed by atoms with E-state index >= 15 is 0 Å². The molecule has 0 radical (unpaired) electrons. The molecule has 0 saturated heterocycles. The van der Waals surface area contributed by atoms with Crippen molar-refractivity contribution in [1.29, 1.82) is 0 Å².